The molecule has 1 aliphatic rings. The zero-order valence-corrected chi connectivity index (χ0v) is 13.3. The molecule has 0 saturated heterocycles. The van der Waals surface area contributed by atoms with Crippen LogP contribution in [0.2, 0.25) is 5.02 Å². The van der Waals surface area contributed by atoms with E-state index in [1.807, 2.05) is 6.92 Å². The van der Waals surface area contributed by atoms with Gasteiger partial charge in [-0.05, 0) is 37.5 Å². The Morgan fingerprint density at radius 1 is 1.27 bits per heavy atom. The topological polar surface area (TPSA) is 78.4 Å². The Morgan fingerprint density at radius 2 is 1.91 bits per heavy atom. The number of aliphatic hydroxyl groups is 1. The van der Waals surface area contributed by atoms with E-state index in [-0.39, 0.29) is 12.5 Å². The fraction of sp³-hybridized carbons (Fsp3) is 0.500. The Hall–Kier alpha value is -1.59. The lowest BCUT2D eigenvalue weighted by Crippen LogP contribution is -2.52. The number of carbonyl (C=O) groups is 2. The van der Waals surface area contributed by atoms with Crippen molar-refractivity contribution < 1.29 is 14.7 Å². The minimum atomic E-state index is -1.26. The monoisotopic (exact) mass is 324 g/mol. The molecule has 0 radical (unpaired) electrons. The van der Waals surface area contributed by atoms with Gasteiger partial charge < -0.3 is 15.7 Å². The van der Waals surface area contributed by atoms with Crippen molar-refractivity contribution in [1.82, 2.24) is 10.6 Å². The number of nitrogens with one attached hydrogen (secondary N) is 2. The van der Waals surface area contributed by atoms with E-state index in [1.165, 1.54) is 0 Å². The molecule has 5 nitrogen and oxygen atoms in total. The zero-order chi connectivity index (χ0) is 16.2. The van der Waals surface area contributed by atoms with Gasteiger partial charge in [0, 0.05) is 18.1 Å². The largest absolute Gasteiger partial charge is 0.378 e. The Balaban J connectivity index is 1.94. The number of benzene rings is 1. The molecule has 2 rings (SSSR count). The summed E-state index contributed by atoms with van der Waals surface area (Å²) in [6, 6.07) is 6.45. The van der Waals surface area contributed by atoms with Gasteiger partial charge in [-0.3, -0.25) is 9.59 Å². The van der Waals surface area contributed by atoms with E-state index in [4.69, 9.17) is 11.6 Å². The second-order valence-electron chi connectivity index (χ2n) is 5.67. The molecule has 0 bridgehead atoms. The summed E-state index contributed by atoms with van der Waals surface area (Å²) in [6.07, 6.45) is 1.24. The quantitative estimate of drug-likeness (QED) is 0.746. The lowest BCUT2D eigenvalue weighted by atomic mass is 9.68. The molecule has 0 heterocycles. The molecule has 120 valence electrons. The summed E-state index contributed by atoms with van der Waals surface area (Å²) >= 11 is 5.78. The normalized spacial score (nSPS) is 17.2. The van der Waals surface area contributed by atoms with E-state index >= 15 is 0 Å². The van der Waals surface area contributed by atoms with E-state index in [0.717, 1.165) is 19.3 Å². The Labute approximate surface area is 135 Å². The van der Waals surface area contributed by atoms with Gasteiger partial charge in [-0.1, -0.05) is 30.2 Å². The lowest BCUT2D eigenvalue weighted by Gasteiger charge is -2.40. The van der Waals surface area contributed by atoms with Crippen molar-refractivity contribution in [2.75, 3.05) is 13.1 Å². The van der Waals surface area contributed by atoms with Crippen LogP contribution >= 0.6 is 11.6 Å². The number of carbonyl (C=O) groups excluding carboxylic acids is 2. The van der Waals surface area contributed by atoms with Crippen LogP contribution in [0.3, 0.4) is 0 Å². The average Bonchev–Trinajstić information content (AvgIpc) is 2.46. The van der Waals surface area contributed by atoms with Crippen molar-refractivity contribution in [1.29, 1.82) is 0 Å². The van der Waals surface area contributed by atoms with Gasteiger partial charge in [0.15, 0.2) is 6.10 Å². The van der Waals surface area contributed by atoms with Crippen LogP contribution in [0, 0.1) is 5.41 Å². The molecule has 1 unspecified atom stereocenters. The Kier molecular flexibility index (Phi) is 5.42. The molecule has 22 heavy (non-hydrogen) atoms. The maximum Gasteiger partial charge on any atom is 0.253 e. The zero-order valence-electron chi connectivity index (χ0n) is 12.6. The van der Waals surface area contributed by atoms with E-state index in [9.17, 15) is 14.7 Å². The molecule has 0 aromatic heterocycles. The van der Waals surface area contributed by atoms with Gasteiger partial charge in [0.05, 0.1) is 5.41 Å². The summed E-state index contributed by atoms with van der Waals surface area (Å²) in [4.78, 5) is 24.2. The predicted octanol–water partition coefficient (Wildman–Crippen LogP) is 1.80. The molecular weight excluding hydrogens is 304 g/mol. The van der Waals surface area contributed by atoms with Crippen LogP contribution in [-0.2, 0) is 9.59 Å². The summed E-state index contributed by atoms with van der Waals surface area (Å²) < 4.78 is 0. The summed E-state index contributed by atoms with van der Waals surface area (Å²) in [7, 11) is 0. The standard InChI is InChI=1S/C16H21ClN2O3/c1-2-18-15(22)16(8-3-9-16)10-19-14(21)13(20)11-4-6-12(17)7-5-11/h4-7,13,20H,2-3,8-10H2,1H3,(H,18,22)(H,19,21). The molecule has 3 N–H and O–H groups in total. The fourth-order valence-electron chi connectivity index (χ4n) is 2.59. The first kappa shape index (κ1) is 16.8. The van der Waals surface area contributed by atoms with Gasteiger partial charge in [-0.15, -0.1) is 0 Å². The molecule has 1 aromatic carbocycles. The Morgan fingerprint density at radius 3 is 2.41 bits per heavy atom. The van der Waals surface area contributed by atoms with Crippen LogP contribution < -0.4 is 10.6 Å². The van der Waals surface area contributed by atoms with Crippen LogP contribution in [0.1, 0.15) is 37.9 Å². The highest BCUT2D eigenvalue weighted by Crippen LogP contribution is 2.40. The van der Waals surface area contributed by atoms with E-state index < -0.39 is 17.4 Å². The maximum absolute atomic E-state index is 12.1. The maximum atomic E-state index is 12.1. The first-order valence-corrected chi connectivity index (χ1v) is 7.86. The van der Waals surface area contributed by atoms with Gasteiger partial charge in [0.1, 0.15) is 0 Å². The number of hydrogen-bond donors (Lipinski definition) is 3. The second kappa shape index (κ2) is 7.11. The number of rotatable bonds is 6. The number of halogens is 1. The minimum absolute atomic E-state index is 0.0254. The fourth-order valence-corrected chi connectivity index (χ4v) is 2.71. The van der Waals surface area contributed by atoms with Crippen LogP contribution in [0.25, 0.3) is 0 Å². The van der Waals surface area contributed by atoms with Gasteiger partial charge in [-0.2, -0.15) is 0 Å². The second-order valence-corrected chi connectivity index (χ2v) is 6.10. The molecule has 0 aliphatic heterocycles. The molecule has 2 amide bonds. The van der Waals surface area contributed by atoms with Crippen LogP contribution in [-0.4, -0.2) is 30.0 Å². The number of aliphatic hydroxyl groups excluding tert-OH is 1. The molecule has 1 atom stereocenters. The highest BCUT2D eigenvalue weighted by atomic mass is 35.5. The van der Waals surface area contributed by atoms with Crippen molar-refractivity contribution in [2.24, 2.45) is 5.41 Å². The van der Waals surface area contributed by atoms with Gasteiger partial charge in [0.25, 0.3) is 5.91 Å². The third-order valence-corrected chi connectivity index (χ3v) is 4.42. The van der Waals surface area contributed by atoms with Gasteiger partial charge in [0.2, 0.25) is 5.91 Å². The highest BCUT2D eigenvalue weighted by molar-refractivity contribution is 6.30. The molecule has 1 aromatic rings. The summed E-state index contributed by atoms with van der Waals surface area (Å²) in [5, 5.41) is 16.1. The van der Waals surface area contributed by atoms with Crippen molar-refractivity contribution in [3.63, 3.8) is 0 Å². The van der Waals surface area contributed by atoms with Crippen LogP contribution in [0.15, 0.2) is 24.3 Å². The smallest absolute Gasteiger partial charge is 0.253 e. The molecule has 0 spiro atoms. The van der Waals surface area contributed by atoms with Crippen molar-refractivity contribution >= 4 is 23.4 Å². The summed E-state index contributed by atoms with van der Waals surface area (Å²) in [5.41, 5.74) is -0.0478. The number of amides is 2. The van der Waals surface area contributed by atoms with E-state index in [2.05, 4.69) is 10.6 Å². The first-order valence-electron chi connectivity index (χ1n) is 7.48. The highest BCUT2D eigenvalue weighted by Gasteiger charge is 2.44. The molecule has 1 saturated carbocycles. The molecule has 1 fully saturated rings. The minimum Gasteiger partial charge on any atom is -0.378 e. The number of hydrogen-bond acceptors (Lipinski definition) is 3. The van der Waals surface area contributed by atoms with Crippen LogP contribution in [0.5, 0.6) is 0 Å². The Bertz CT molecular complexity index is 541. The lowest BCUT2D eigenvalue weighted by molar-refractivity contribution is -0.137. The summed E-state index contributed by atoms with van der Waals surface area (Å²) in [5.74, 6) is -0.527. The van der Waals surface area contributed by atoms with Gasteiger partial charge >= 0.3 is 0 Å². The third kappa shape index (κ3) is 3.59. The molecule has 1 aliphatic carbocycles. The van der Waals surface area contributed by atoms with Crippen LogP contribution in [0.4, 0.5) is 0 Å². The SMILES string of the molecule is CCNC(=O)C1(CNC(=O)C(O)c2ccc(Cl)cc2)CCC1. The molecule has 6 heteroatoms. The average molecular weight is 325 g/mol. The van der Waals surface area contributed by atoms with E-state index in [1.54, 1.807) is 24.3 Å². The third-order valence-electron chi connectivity index (χ3n) is 4.16. The predicted molar refractivity (Wildman–Crippen MR) is 84.4 cm³/mol. The summed E-state index contributed by atoms with van der Waals surface area (Å²) in [6.45, 7) is 2.69. The van der Waals surface area contributed by atoms with E-state index in [0.29, 0.717) is 17.1 Å². The van der Waals surface area contributed by atoms with Gasteiger partial charge in [-0.25, -0.2) is 0 Å². The van der Waals surface area contributed by atoms with Crippen molar-refractivity contribution in [2.45, 2.75) is 32.3 Å². The first-order chi connectivity index (χ1) is 10.5. The molecular formula is C16H21ClN2O3. The van der Waals surface area contributed by atoms with Crippen molar-refractivity contribution in [3.8, 4) is 0 Å². The van der Waals surface area contributed by atoms with Crippen molar-refractivity contribution in [3.05, 3.63) is 34.9 Å².